The summed E-state index contributed by atoms with van der Waals surface area (Å²) < 4.78 is 12.3. The first-order valence-electron chi connectivity index (χ1n) is 7.58. The molecule has 21 heavy (non-hydrogen) atoms. The molecular weight excluding hydrogens is 306 g/mol. The van der Waals surface area contributed by atoms with E-state index in [9.17, 15) is 0 Å². The van der Waals surface area contributed by atoms with E-state index in [0.29, 0.717) is 6.54 Å². The molecule has 0 aliphatic carbocycles. The van der Waals surface area contributed by atoms with Crippen molar-refractivity contribution in [1.82, 2.24) is 0 Å². The van der Waals surface area contributed by atoms with Gasteiger partial charge in [-0.25, -0.2) is 0 Å². The van der Waals surface area contributed by atoms with Crippen LogP contribution in [0.2, 0.25) is 5.02 Å². The quantitative estimate of drug-likeness (QED) is 0.921. The predicted octanol–water partition coefficient (Wildman–Crippen LogP) is 3.27. The molecule has 5 heteroatoms. The highest BCUT2D eigenvalue weighted by Crippen LogP contribution is 2.39. The van der Waals surface area contributed by atoms with Crippen LogP contribution in [0, 0.1) is 0 Å². The van der Waals surface area contributed by atoms with Crippen LogP contribution in [0.1, 0.15) is 24.8 Å². The Labute approximate surface area is 135 Å². The van der Waals surface area contributed by atoms with Gasteiger partial charge in [-0.2, -0.15) is 11.8 Å². The average molecular weight is 328 g/mol. The molecule has 2 aliphatic rings. The van der Waals surface area contributed by atoms with Crippen molar-refractivity contribution in [2.75, 3.05) is 24.7 Å². The van der Waals surface area contributed by atoms with Crippen LogP contribution in [0.15, 0.2) is 18.2 Å². The van der Waals surface area contributed by atoms with Crippen molar-refractivity contribution in [1.29, 1.82) is 0 Å². The van der Waals surface area contributed by atoms with E-state index in [1.165, 1.54) is 5.75 Å². The van der Waals surface area contributed by atoms with Gasteiger partial charge in [0.1, 0.15) is 11.9 Å². The lowest BCUT2D eigenvalue weighted by Crippen LogP contribution is -2.43. The van der Waals surface area contributed by atoms with E-state index in [1.54, 1.807) is 0 Å². The number of halogens is 1. The van der Waals surface area contributed by atoms with Crippen molar-refractivity contribution < 1.29 is 9.47 Å². The molecule has 2 fully saturated rings. The first-order valence-corrected chi connectivity index (χ1v) is 9.11. The lowest BCUT2D eigenvalue weighted by Gasteiger charge is -2.37. The Hall–Kier alpha value is -0.420. The minimum Gasteiger partial charge on any atom is -0.490 e. The molecule has 2 N–H and O–H groups in total. The fourth-order valence-corrected chi connectivity index (χ4v) is 4.71. The van der Waals surface area contributed by atoms with Crippen molar-refractivity contribution in [3.8, 4) is 5.75 Å². The Bertz CT molecular complexity index is 491. The predicted molar refractivity (Wildman–Crippen MR) is 88.5 cm³/mol. The lowest BCUT2D eigenvalue weighted by atomic mass is 9.91. The van der Waals surface area contributed by atoms with Crippen LogP contribution in [-0.4, -0.2) is 36.4 Å². The summed E-state index contributed by atoms with van der Waals surface area (Å²) in [5, 5.41) is 0.737. The van der Waals surface area contributed by atoms with Crippen molar-refractivity contribution in [3.05, 3.63) is 28.8 Å². The van der Waals surface area contributed by atoms with Gasteiger partial charge in [-0.05, 0) is 48.9 Å². The second-order valence-corrected chi connectivity index (χ2v) is 7.40. The van der Waals surface area contributed by atoms with Crippen LogP contribution in [0.3, 0.4) is 0 Å². The maximum atomic E-state index is 6.28. The van der Waals surface area contributed by atoms with Crippen LogP contribution < -0.4 is 10.5 Å². The Morgan fingerprint density at radius 3 is 3.14 bits per heavy atom. The van der Waals surface area contributed by atoms with Crippen LogP contribution >= 0.6 is 23.4 Å². The van der Waals surface area contributed by atoms with Gasteiger partial charge in [0.05, 0.1) is 12.2 Å². The van der Waals surface area contributed by atoms with Crippen LogP contribution in [0.5, 0.6) is 5.75 Å². The van der Waals surface area contributed by atoms with Crippen molar-refractivity contribution in [2.45, 2.75) is 37.4 Å². The summed E-state index contributed by atoms with van der Waals surface area (Å²) in [7, 11) is 0. The molecule has 3 rings (SSSR count). The highest BCUT2D eigenvalue weighted by Gasteiger charge is 2.41. The molecule has 2 atom stereocenters. The van der Waals surface area contributed by atoms with Gasteiger partial charge in [-0.15, -0.1) is 0 Å². The first kappa shape index (κ1) is 15.5. The van der Waals surface area contributed by atoms with E-state index in [4.69, 9.17) is 26.8 Å². The van der Waals surface area contributed by atoms with Crippen LogP contribution in [-0.2, 0) is 11.2 Å². The maximum Gasteiger partial charge on any atom is 0.123 e. The molecule has 2 heterocycles. The number of hydrogen-bond acceptors (Lipinski definition) is 4. The molecule has 1 aromatic rings. The number of benzene rings is 1. The fourth-order valence-electron chi connectivity index (χ4n) is 3.14. The van der Waals surface area contributed by atoms with Gasteiger partial charge in [0, 0.05) is 23.6 Å². The SMILES string of the molecule is NCCc1cc(Cl)ccc1OC1CCOC2(CCSC2)C1. The van der Waals surface area contributed by atoms with Crippen LogP contribution in [0.25, 0.3) is 0 Å². The third-order valence-corrected chi connectivity index (χ3v) is 5.70. The molecule has 1 spiro atoms. The van der Waals surface area contributed by atoms with Crippen molar-refractivity contribution >= 4 is 23.4 Å². The van der Waals surface area contributed by atoms with Crippen molar-refractivity contribution in [2.24, 2.45) is 5.73 Å². The summed E-state index contributed by atoms with van der Waals surface area (Å²) >= 11 is 8.06. The molecular formula is C16H22ClNO2S. The molecule has 0 amide bonds. The third kappa shape index (κ3) is 3.67. The number of rotatable bonds is 4. The summed E-state index contributed by atoms with van der Waals surface area (Å²) in [6.07, 6.45) is 4.12. The van der Waals surface area contributed by atoms with Gasteiger partial charge in [-0.1, -0.05) is 11.6 Å². The van der Waals surface area contributed by atoms with Crippen LogP contribution in [0.4, 0.5) is 0 Å². The summed E-state index contributed by atoms with van der Waals surface area (Å²) in [5.41, 5.74) is 6.84. The Balaban J connectivity index is 1.71. The molecule has 2 unspecified atom stereocenters. The molecule has 0 bridgehead atoms. The number of nitrogens with two attached hydrogens (primary N) is 1. The number of hydrogen-bond donors (Lipinski definition) is 1. The summed E-state index contributed by atoms with van der Waals surface area (Å²) in [4.78, 5) is 0. The van der Waals surface area contributed by atoms with Gasteiger partial charge >= 0.3 is 0 Å². The Morgan fingerprint density at radius 1 is 1.48 bits per heavy atom. The first-order chi connectivity index (χ1) is 10.2. The monoisotopic (exact) mass is 327 g/mol. The third-order valence-electron chi connectivity index (χ3n) is 4.24. The highest BCUT2D eigenvalue weighted by molar-refractivity contribution is 7.99. The smallest absolute Gasteiger partial charge is 0.123 e. The van der Waals surface area contributed by atoms with Gasteiger partial charge in [-0.3, -0.25) is 0 Å². The lowest BCUT2D eigenvalue weighted by molar-refractivity contribution is -0.0960. The average Bonchev–Trinajstić information content (AvgIpc) is 2.90. The standard InChI is InChI=1S/C16H22ClNO2S/c17-13-1-2-15(12(9-13)3-6-18)20-14-4-7-19-16(10-14)5-8-21-11-16/h1-2,9,14H,3-8,10-11,18H2. The second-order valence-electron chi connectivity index (χ2n) is 5.86. The normalized spacial score (nSPS) is 29.0. The van der Waals surface area contributed by atoms with Gasteiger partial charge in [0.15, 0.2) is 0 Å². The van der Waals surface area contributed by atoms with Gasteiger partial charge in [0.25, 0.3) is 0 Å². The second kappa shape index (κ2) is 6.78. The Kier molecular flexibility index (Phi) is 4.99. The van der Waals surface area contributed by atoms with E-state index < -0.39 is 0 Å². The van der Waals surface area contributed by atoms with Crippen molar-refractivity contribution in [3.63, 3.8) is 0 Å². The minimum atomic E-state index is 0.0496. The summed E-state index contributed by atoms with van der Waals surface area (Å²) in [6.45, 7) is 1.40. The maximum absolute atomic E-state index is 6.28. The fraction of sp³-hybridized carbons (Fsp3) is 0.625. The van der Waals surface area contributed by atoms with Gasteiger partial charge in [0.2, 0.25) is 0 Å². The molecule has 0 saturated carbocycles. The molecule has 0 radical (unpaired) electrons. The highest BCUT2D eigenvalue weighted by atomic mass is 35.5. The molecule has 2 saturated heterocycles. The van der Waals surface area contributed by atoms with Gasteiger partial charge < -0.3 is 15.2 Å². The Morgan fingerprint density at radius 2 is 2.38 bits per heavy atom. The van der Waals surface area contributed by atoms with E-state index >= 15 is 0 Å². The van der Waals surface area contributed by atoms with E-state index in [-0.39, 0.29) is 11.7 Å². The molecule has 116 valence electrons. The molecule has 2 aliphatic heterocycles. The van der Waals surface area contributed by atoms with E-state index in [1.807, 2.05) is 30.0 Å². The minimum absolute atomic E-state index is 0.0496. The molecule has 1 aromatic carbocycles. The summed E-state index contributed by atoms with van der Waals surface area (Å²) in [5.74, 6) is 3.23. The van der Waals surface area contributed by atoms with E-state index in [2.05, 4.69) is 0 Å². The number of thioether (sulfide) groups is 1. The summed E-state index contributed by atoms with van der Waals surface area (Å²) in [6, 6.07) is 5.82. The zero-order chi connectivity index (χ0) is 14.7. The van der Waals surface area contributed by atoms with E-state index in [0.717, 1.165) is 54.4 Å². The molecule has 3 nitrogen and oxygen atoms in total. The topological polar surface area (TPSA) is 44.5 Å². The number of ether oxygens (including phenoxy) is 2. The zero-order valence-corrected chi connectivity index (χ0v) is 13.7. The largest absolute Gasteiger partial charge is 0.490 e. The zero-order valence-electron chi connectivity index (χ0n) is 12.1. The molecule has 0 aromatic heterocycles.